The summed E-state index contributed by atoms with van der Waals surface area (Å²) in [6.07, 6.45) is 1.70. The third-order valence-electron chi connectivity index (χ3n) is 5.01. The summed E-state index contributed by atoms with van der Waals surface area (Å²) in [7, 11) is 1.54. The number of benzene rings is 2. The van der Waals surface area contributed by atoms with E-state index in [1.165, 1.54) is 6.07 Å². The van der Waals surface area contributed by atoms with Crippen molar-refractivity contribution in [2.24, 2.45) is 0 Å². The van der Waals surface area contributed by atoms with Gasteiger partial charge in [-0.25, -0.2) is 8.78 Å². The second-order valence-corrected chi connectivity index (χ2v) is 7.21. The number of rotatable bonds is 5. The highest BCUT2D eigenvalue weighted by Crippen LogP contribution is 2.39. The van der Waals surface area contributed by atoms with Crippen molar-refractivity contribution in [1.29, 1.82) is 0 Å². The minimum absolute atomic E-state index is 0.0817. The van der Waals surface area contributed by atoms with Crippen LogP contribution in [0, 0.1) is 11.6 Å². The Hall–Kier alpha value is -2.15. The molecule has 1 saturated heterocycles. The summed E-state index contributed by atoms with van der Waals surface area (Å²) in [5.74, 6) is -0.965. The monoisotopic (exact) mass is 437 g/mol. The summed E-state index contributed by atoms with van der Waals surface area (Å²) in [6.45, 7) is 5.41. The molecule has 1 aliphatic heterocycles. The molecule has 2 aromatic carbocycles. The first-order chi connectivity index (χ1) is 14.6. The first-order valence-electron chi connectivity index (χ1n) is 10.1. The number of fused-ring (bicyclic) bond motifs is 1. The van der Waals surface area contributed by atoms with E-state index in [-0.39, 0.29) is 12.7 Å². The smallest absolute Gasteiger partial charge is 0.188 e. The summed E-state index contributed by atoms with van der Waals surface area (Å²) >= 11 is 6.33. The zero-order chi connectivity index (χ0) is 21.7. The van der Waals surface area contributed by atoms with E-state index in [0.29, 0.717) is 29.7 Å². The van der Waals surface area contributed by atoms with Gasteiger partial charge in [-0.3, -0.25) is 0 Å². The molecule has 0 atom stereocenters. The van der Waals surface area contributed by atoms with Crippen LogP contribution in [0.4, 0.5) is 8.78 Å². The Bertz CT molecular complexity index is 1000. The lowest BCUT2D eigenvalue weighted by atomic mass is 9.96. The molecule has 3 aromatic rings. The van der Waals surface area contributed by atoms with Crippen molar-refractivity contribution in [3.8, 4) is 11.4 Å². The van der Waals surface area contributed by atoms with E-state index in [1.807, 2.05) is 24.5 Å². The molecule has 0 unspecified atom stereocenters. The molecule has 2 heterocycles. The van der Waals surface area contributed by atoms with E-state index in [1.54, 1.807) is 25.3 Å². The number of aromatic nitrogens is 1. The lowest BCUT2D eigenvalue weighted by Gasteiger charge is -2.24. The minimum atomic E-state index is -0.893. The van der Waals surface area contributed by atoms with Crippen LogP contribution >= 0.6 is 11.6 Å². The Labute approximate surface area is 180 Å². The van der Waals surface area contributed by atoms with Crippen LogP contribution in [0.3, 0.4) is 0 Å². The van der Waals surface area contributed by atoms with E-state index in [2.05, 4.69) is 0 Å². The van der Waals surface area contributed by atoms with Crippen molar-refractivity contribution < 1.29 is 23.0 Å². The van der Waals surface area contributed by atoms with E-state index in [9.17, 15) is 8.78 Å². The summed E-state index contributed by atoms with van der Waals surface area (Å²) in [6, 6.07) is 9.48. The molecule has 4 rings (SSSR count). The predicted octanol–water partition coefficient (Wildman–Crippen LogP) is 6.47. The van der Waals surface area contributed by atoms with Crippen molar-refractivity contribution >= 4 is 22.5 Å². The second-order valence-electron chi connectivity index (χ2n) is 6.78. The highest BCUT2D eigenvalue weighted by molar-refractivity contribution is 6.31. The molecule has 1 aromatic heterocycles. The Kier molecular flexibility index (Phi) is 7.69. The van der Waals surface area contributed by atoms with Crippen molar-refractivity contribution in [3.63, 3.8) is 0 Å². The number of hydrogen-bond acceptors (Lipinski definition) is 3. The Balaban J connectivity index is 0.00000124. The lowest BCUT2D eigenvalue weighted by molar-refractivity contribution is 0.0522. The maximum absolute atomic E-state index is 14.0. The maximum atomic E-state index is 14.0. The molecular weight excluding hydrogens is 412 g/mol. The first kappa shape index (κ1) is 22.5. The predicted molar refractivity (Wildman–Crippen MR) is 115 cm³/mol. The van der Waals surface area contributed by atoms with Gasteiger partial charge in [0.1, 0.15) is 5.75 Å². The third kappa shape index (κ3) is 4.61. The highest BCUT2D eigenvalue weighted by atomic mass is 35.5. The molecule has 162 valence electrons. The maximum Gasteiger partial charge on any atom is 0.188 e. The normalized spacial score (nSPS) is 14.5. The molecule has 0 radical (unpaired) electrons. The fourth-order valence-electron chi connectivity index (χ4n) is 3.71. The molecule has 30 heavy (non-hydrogen) atoms. The fourth-order valence-corrected chi connectivity index (χ4v) is 3.91. The molecule has 1 aliphatic rings. The van der Waals surface area contributed by atoms with Crippen molar-refractivity contribution in [2.75, 3.05) is 27.1 Å². The Morgan fingerprint density at radius 1 is 1.07 bits per heavy atom. The van der Waals surface area contributed by atoms with Crippen molar-refractivity contribution in [3.05, 3.63) is 58.7 Å². The van der Waals surface area contributed by atoms with Gasteiger partial charge >= 0.3 is 0 Å². The van der Waals surface area contributed by atoms with Crippen LogP contribution in [0.15, 0.2) is 36.4 Å². The number of nitrogens with zero attached hydrogens (tertiary/aromatic N) is 1. The van der Waals surface area contributed by atoms with Gasteiger partial charge in [-0.05, 0) is 43.2 Å². The van der Waals surface area contributed by atoms with Crippen LogP contribution in [-0.4, -0.2) is 31.7 Å². The van der Waals surface area contributed by atoms with Gasteiger partial charge in [0.2, 0.25) is 0 Å². The van der Waals surface area contributed by atoms with Crippen LogP contribution in [0.5, 0.6) is 5.75 Å². The second kappa shape index (κ2) is 10.2. The van der Waals surface area contributed by atoms with Gasteiger partial charge in [-0.2, -0.15) is 0 Å². The van der Waals surface area contributed by atoms with Crippen molar-refractivity contribution in [1.82, 2.24) is 4.57 Å². The third-order valence-corrected chi connectivity index (χ3v) is 5.23. The zero-order valence-corrected chi connectivity index (χ0v) is 18.1. The van der Waals surface area contributed by atoms with Crippen molar-refractivity contribution in [2.45, 2.75) is 32.6 Å². The minimum Gasteiger partial charge on any atom is -0.467 e. The summed E-state index contributed by atoms with van der Waals surface area (Å²) in [5.41, 5.74) is 2.30. The van der Waals surface area contributed by atoms with Crippen LogP contribution in [0.1, 0.15) is 38.3 Å². The van der Waals surface area contributed by atoms with Crippen LogP contribution in [0.2, 0.25) is 5.02 Å². The Morgan fingerprint density at radius 3 is 2.47 bits per heavy atom. The molecule has 4 nitrogen and oxygen atoms in total. The van der Waals surface area contributed by atoms with Crippen LogP contribution in [0.25, 0.3) is 16.6 Å². The zero-order valence-electron chi connectivity index (χ0n) is 17.4. The molecule has 0 saturated carbocycles. The topological polar surface area (TPSA) is 32.6 Å². The number of ether oxygens (including phenoxy) is 3. The lowest BCUT2D eigenvalue weighted by Crippen LogP contribution is -2.16. The molecule has 7 heteroatoms. The summed E-state index contributed by atoms with van der Waals surface area (Å²) < 4.78 is 45.7. The average molecular weight is 438 g/mol. The number of halogens is 3. The van der Waals surface area contributed by atoms with E-state index in [0.717, 1.165) is 35.5 Å². The van der Waals surface area contributed by atoms with Gasteiger partial charge in [-0.1, -0.05) is 25.4 Å². The van der Waals surface area contributed by atoms with Gasteiger partial charge in [0.05, 0.1) is 5.52 Å². The fraction of sp³-hybridized carbons (Fsp3) is 0.391. The molecule has 0 amide bonds. The summed E-state index contributed by atoms with van der Waals surface area (Å²) in [5, 5.41) is 1.33. The quantitative estimate of drug-likeness (QED) is 0.429. The number of hydrogen-bond donors (Lipinski definition) is 0. The first-order valence-corrected chi connectivity index (χ1v) is 10.5. The molecular formula is C23H26ClF2NO3. The van der Waals surface area contributed by atoms with Crippen LogP contribution in [-0.2, 0) is 9.47 Å². The molecule has 1 fully saturated rings. The summed E-state index contributed by atoms with van der Waals surface area (Å²) in [4.78, 5) is 0. The SMILES string of the molecule is CC.COCOc1cc(Cl)cc2c1cc(C1CCOCC1)n2-c1ccc(F)c(F)c1. The van der Waals surface area contributed by atoms with Gasteiger partial charge < -0.3 is 18.8 Å². The van der Waals surface area contributed by atoms with E-state index < -0.39 is 11.6 Å². The van der Waals surface area contributed by atoms with E-state index >= 15 is 0 Å². The highest BCUT2D eigenvalue weighted by Gasteiger charge is 2.24. The largest absolute Gasteiger partial charge is 0.467 e. The van der Waals surface area contributed by atoms with Gasteiger partial charge in [0, 0.05) is 54.1 Å². The Morgan fingerprint density at radius 2 is 1.80 bits per heavy atom. The number of methoxy groups -OCH3 is 1. The van der Waals surface area contributed by atoms with E-state index in [4.69, 9.17) is 25.8 Å². The van der Waals surface area contributed by atoms with Gasteiger partial charge in [0.25, 0.3) is 0 Å². The van der Waals surface area contributed by atoms with Gasteiger partial charge in [-0.15, -0.1) is 0 Å². The standard InChI is InChI=1S/C21H20ClF2NO3.C2H6/c1-26-12-28-21-9-14(22)8-20-16(21)11-19(13-4-6-27-7-5-13)25(20)15-2-3-17(23)18(24)10-15;1-2/h2-3,8-11,13H,4-7,12H2,1H3;1-2H3. The van der Waals surface area contributed by atoms with Gasteiger partial charge in [0.15, 0.2) is 18.4 Å². The molecule has 0 N–H and O–H groups in total. The molecule has 0 aliphatic carbocycles. The molecule has 0 bridgehead atoms. The average Bonchev–Trinajstić information content (AvgIpc) is 3.15. The molecule has 0 spiro atoms. The van der Waals surface area contributed by atoms with Crippen LogP contribution < -0.4 is 4.74 Å².